The Morgan fingerprint density at radius 3 is 2.85 bits per heavy atom. The minimum Gasteiger partial charge on any atom is -0.397 e. The third-order valence-electron chi connectivity index (χ3n) is 1.52. The molecule has 0 aromatic heterocycles. The van der Waals surface area contributed by atoms with Crippen LogP contribution >= 0.6 is 0 Å². The number of nitrogens with one attached hydrogen (secondary N) is 1. The van der Waals surface area contributed by atoms with Crippen molar-refractivity contribution >= 4 is 22.4 Å². The summed E-state index contributed by atoms with van der Waals surface area (Å²) in [6, 6.07) is 4.33. The first kappa shape index (κ1) is 9.98. The smallest absolute Gasteiger partial charge is 0.149 e. The number of hydrogen-bond acceptors (Lipinski definition) is 2. The molecule has 13 heavy (non-hydrogen) atoms. The minimum atomic E-state index is -1.27. The summed E-state index contributed by atoms with van der Waals surface area (Å²) in [7, 11) is -1.27. The standard InChI is InChI=1S/C8H11FN2OS/c1-2-13(12)11-8-6(9)4-3-5-7(8)10/h3-5,11H,2,10H2,1H3. The molecule has 3 N–H and O–H groups in total. The predicted octanol–water partition coefficient (Wildman–Crippen LogP) is 1.50. The molecule has 0 bridgehead atoms. The van der Waals surface area contributed by atoms with Crippen LogP contribution in [0.15, 0.2) is 18.2 Å². The van der Waals surface area contributed by atoms with Gasteiger partial charge >= 0.3 is 0 Å². The van der Waals surface area contributed by atoms with Crippen molar-refractivity contribution < 1.29 is 8.60 Å². The number of halogens is 1. The summed E-state index contributed by atoms with van der Waals surface area (Å²) < 4.78 is 26.6. The molecule has 0 saturated carbocycles. The van der Waals surface area contributed by atoms with Gasteiger partial charge in [0.25, 0.3) is 0 Å². The Morgan fingerprint density at radius 1 is 1.62 bits per heavy atom. The SMILES string of the molecule is CCS(=O)Nc1c(N)cccc1F. The van der Waals surface area contributed by atoms with Crippen LogP contribution in [-0.4, -0.2) is 9.96 Å². The third-order valence-corrected chi connectivity index (χ3v) is 2.48. The Bertz CT molecular complexity index is 310. The summed E-state index contributed by atoms with van der Waals surface area (Å²) in [4.78, 5) is 0. The van der Waals surface area contributed by atoms with Crippen molar-refractivity contribution in [3.63, 3.8) is 0 Å². The number of anilines is 2. The zero-order valence-corrected chi connectivity index (χ0v) is 8.03. The lowest BCUT2D eigenvalue weighted by molar-refractivity contribution is 0.632. The van der Waals surface area contributed by atoms with Crippen LogP contribution in [0.5, 0.6) is 0 Å². The zero-order valence-electron chi connectivity index (χ0n) is 7.21. The monoisotopic (exact) mass is 202 g/mol. The molecule has 0 radical (unpaired) electrons. The second-order valence-corrected chi connectivity index (χ2v) is 3.91. The van der Waals surface area contributed by atoms with E-state index in [4.69, 9.17) is 5.73 Å². The van der Waals surface area contributed by atoms with Gasteiger partial charge in [-0.2, -0.15) is 0 Å². The third kappa shape index (κ3) is 2.42. The van der Waals surface area contributed by atoms with E-state index < -0.39 is 16.8 Å². The molecule has 1 atom stereocenters. The van der Waals surface area contributed by atoms with Crippen molar-refractivity contribution in [2.24, 2.45) is 0 Å². The van der Waals surface area contributed by atoms with Gasteiger partial charge in [0.2, 0.25) is 0 Å². The zero-order chi connectivity index (χ0) is 9.84. The Balaban J connectivity index is 2.93. The van der Waals surface area contributed by atoms with E-state index in [1.807, 2.05) is 0 Å². The maximum absolute atomic E-state index is 13.1. The lowest BCUT2D eigenvalue weighted by Crippen LogP contribution is -2.09. The highest BCUT2D eigenvalue weighted by Gasteiger charge is 2.06. The van der Waals surface area contributed by atoms with Gasteiger partial charge in [-0.15, -0.1) is 0 Å². The van der Waals surface area contributed by atoms with Crippen LogP contribution in [0.25, 0.3) is 0 Å². The van der Waals surface area contributed by atoms with Crippen LogP contribution < -0.4 is 10.5 Å². The maximum Gasteiger partial charge on any atom is 0.149 e. The summed E-state index contributed by atoms with van der Waals surface area (Å²) >= 11 is 0. The van der Waals surface area contributed by atoms with E-state index in [0.29, 0.717) is 5.75 Å². The molecule has 5 heteroatoms. The maximum atomic E-state index is 13.1. The molecule has 0 fully saturated rings. The second-order valence-electron chi connectivity index (χ2n) is 2.44. The number of rotatable bonds is 3. The van der Waals surface area contributed by atoms with Gasteiger partial charge in [0.1, 0.15) is 22.5 Å². The van der Waals surface area contributed by atoms with Crippen LogP contribution in [0.2, 0.25) is 0 Å². The van der Waals surface area contributed by atoms with Crippen molar-refractivity contribution in [1.29, 1.82) is 0 Å². The molecular weight excluding hydrogens is 191 g/mol. The fourth-order valence-electron chi connectivity index (χ4n) is 0.834. The quantitative estimate of drug-likeness (QED) is 0.730. The Morgan fingerprint density at radius 2 is 2.31 bits per heavy atom. The topological polar surface area (TPSA) is 55.1 Å². The van der Waals surface area contributed by atoms with E-state index in [-0.39, 0.29) is 11.4 Å². The van der Waals surface area contributed by atoms with Gasteiger partial charge in [0, 0.05) is 5.75 Å². The minimum absolute atomic E-state index is 0.114. The molecule has 3 nitrogen and oxygen atoms in total. The highest BCUT2D eigenvalue weighted by molar-refractivity contribution is 7.86. The molecule has 1 aromatic carbocycles. The normalized spacial score (nSPS) is 12.5. The fourth-order valence-corrected chi connectivity index (χ4v) is 1.42. The van der Waals surface area contributed by atoms with Crippen LogP contribution in [0.3, 0.4) is 0 Å². The summed E-state index contributed by atoms with van der Waals surface area (Å²) in [6.07, 6.45) is 0. The Kier molecular flexibility index (Phi) is 3.25. The molecular formula is C8H11FN2OS. The van der Waals surface area contributed by atoms with Crippen molar-refractivity contribution in [3.05, 3.63) is 24.0 Å². The fraction of sp³-hybridized carbons (Fsp3) is 0.250. The largest absolute Gasteiger partial charge is 0.397 e. The molecule has 1 aromatic rings. The van der Waals surface area contributed by atoms with Gasteiger partial charge in [0.05, 0.1) is 5.69 Å². The van der Waals surface area contributed by atoms with Gasteiger partial charge in [0.15, 0.2) is 0 Å². The second kappa shape index (κ2) is 4.23. The van der Waals surface area contributed by atoms with E-state index in [1.54, 1.807) is 13.0 Å². The first-order valence-electron chi connectivity index (χ1n) is 3.84. The first-order valence-corrected chi connectivity index (χ1v) is 5.16. The number of nitrogen functional groups attached to an aromatic ring is 1. The lowest BCUT2D eigenvalue weighted by atomic mass is 10.3. The average Bonchev–Trinajstić information content (AvgIpc) is 2.11. The van der Waals surface area contributed by atoms with Crippen molar-refractivity contribution in [2.45, 2.75) is 6.92 Å². The summed E-state index contributed by atoms with van der Waals surface area (Å²) in [5.74, 6) is -0.0740. The highest BCUT2D eigenvalue weighted by atomic mass is 32.2. The van der Waals surface area contributed by atoms with Gasteiger partial charge in [-0.25, -0.2) is 8.60 Å². The van der Waals surface area contributed by atoms with Crippen molar-refractivity contribution in [2.75, 3.05) is 16.2 Å². The molecule has 0 aliphatic heterocycles. The number of hydrogen-bond donors (Lipinski definition) is 2. The molecule has 0 saturated heterocycles. The van der Waals surface area contributed by atoms with Crippen LogP contribution in [0, 0.1) is 5.82 Å². The first-order chi connectivity index (χ1) is 6.15. The molecule has 0 aliphatic carbocycles. The van der Waals surface area contributed by atoms with Crippen LogP contribution in [0.1, 0.15) is 6.92 Å². The van der Waals surface area contributed by atoms with Crippen LogP contribution in [0.4, 0.5) is 15.8 Å². The highest BCUT2D eigenvalue weighted by Crippen LogP contribution is 2.21. The van der Waals surface area contributed by atoms with Crippen molar-refractivity contribution in [1.82, 2.24) is 0 Å². The van der Waals surface area contributed by atoms with Crippen LogP contribution in [-0.2, 0) is 11.0 Å². The Hall–Kier alpha value is -1.10. The molecule has 0 amide bonds. The van der Waals surface area contributed by atoms with E-state index in [9.17, 15) is 8.60 Å². The van der Waals surface area contributed by atoms with Crippen molar-refractivity contribution in [3.8, 4) is 0 Å². The number of nitrogens with two attached hydrogens (primary N) is 1. The van der Waals surface area contributed by atoms with E-state index in [2.05, 4.69) is 4.72 Å². The lowest BCUT2D eigenvalue weighted by Gasteiger charge is -2.07. The summed E-state index contributed by atoms with van der Waals surface area (Å²) in [5.41, 5.74) is 5.87. The molecule has 1 rings (SSSR count). The van der Waals surface area contributed by atoms with E-state index in [1.165, 1.54) is 12.1 Å². The summed E-state index contributed by atoms with van der Waals surface area (Å²) in [5, 5.41) is 0. The molecule has 0 heterocycles. The molecule has 0 spiro atoms. The number of para-hydroxylation sites is 1. The van der Waals surface area contributed by atoms with E-state index in [0.717, 1.165) is 0 Å². The molecule has 1 unspecified atom stereocenters. The van der Waals surface area contributed by atoms with Gasteiger partial charge < -0.3 is 10.5 Å². The average molecular weight is 202 g/mol. The molecule has 72 valence electrons. The van der Waals surface area contributed by atoms with Gasteiger partial charge in [-0.05, 0) is 12.1 Å². The predicted molar refractivity (Wildman–Crippen MR) is 53.1 cm³/mol. The summed E-state index contributed by atoms with van der Waals surface area (Å²) in [6.45, 7) is 1.74. The van der Waals surface area contributed by atoms with Gasteiger partial charge in [-0.1, -0.05) is 13.0 Å². The number of benzene rings is 1. The molecule has 0 aliphatic rings. The van der Waals surface area contributed by atoms with Gasteiger partial charge in [-0.3, -0.25) is 0 Å². The Labute approximate surface area is 78.7 Å². The van der Waals surface area contributed by atoms with E-state index >= 15 is 0 Å².